The van der Waals surface area contributed by atoms with Gasteiger partial charge in [-0.05, 0) is 42.5 Å². The van der Waals surface area contributed by atoms with E-state index in [0.717, 1.165) is 23.2 Å². The van der Waals surface area contributed by atoms with Crippen LogP contribution in [-0.4, -0.2) is 9.55 Å². The summed E-state index contributed by atoms with van der Waals surface area (Å²) in [4.78, 5) is 2.98. The van der Waals surface area contributed by atoms with Crippen molar-refractivity contribution < 1.29 is 8.78 Å². The lowest BCUT2D eigenvalue weighted by atomic mass is 10.2. The van der Waals surface area contributed by atoms with E-state index < -0.39 is 11.6 Å². The zero-order chi connectivity index (χ0) is 13.6. The molecule has 3 aromatic rings. The van der Waals surface area contributed by atoms with Crippen molar-refractivity contribution in [3.05, 3.63) is 57.8 Å². The standard InChI is InChI=1S/C13H7ClF2N2S/c14-7-1-4-12-11(5-7)17-13(19)18(12)8-2-3-9(15)10(16)6-8/h1-6H,(H,17,19). The SMILES string of the molecule is Fc1ccc(-n2c(=S)[nH]c3cc(Cl)ccc32)cc1F. The van der Waals surface area contributed by atoms with E-state index in [0.29, 0.717) is 15.5 Å². The molecule has 1 aromatic heterocycles. The summed E-state index contributed by atoms with van der Waals surface area (Å²) in [5, 5.41) is 0.571. The Morgan fingerprint density at radius 1 is 1.05 bits per heavy atom. The van der Waals surface area contributed by atoms with Gasteiger partial charge in [-0.2, -0.15) is 0 Å². The Hall–Kier alpha value is -1.72. The summed E-state index contributed by atoms with van der Waals surface area (Å²) in [5.41, 5.74) is 1.94. The Labute approximate surface area is 117 Å². The summed E-state index contributed by atoms with van der Waals surface area (Å²) in [7, 11) is 0. The molecule has 0 unspecified atom stereocenters. The molecule has 0 atom stereocenters. The van der Waals surface area contributed by atoms with Gasteiger partial charge >= 0.3 is 0 Å². The minimum atomic E-state index is -0.914. The predicted molar refractivity (Wildman–Crippen MR) is 73.4 cm³/mol. The molecule has 0 fully saturated rings. The molecule has 2 aromatic carbocycles. The van der Waals surface area contributed by atoms with Gasteiger partial charge in [0.1, 0.15) is 0 Å². The number of nitrogens with one attached hydrogen (secondary N) is 1. The Morgan fingerprint density at radius 3 is 2.58 bits per heavy atom. The first kappa shape index (κ1) is 12.3. The summed E-state index contributed by atoms with van der Waals surface area (Å²) >= 11 is 11.1. The maximum absolute atomic E-state index is 13.3. The van der Waals surface area contributed by atoms with E-state index >= 15 is 0 Å². The number of aromatic nitrogens is 2. The second-order valence-electron chi connectivity index (χ2n) is 4.03. The average molecular weight is 297 g/mol. The fraction of sp³-hybridized carbons (Fsp3) is 0. The van der Waals surface area contributed by atoms with Crippen LogP contribution in [0, 0.1) is 16.4 Å². The number of hydrogen-bond acceptors (Lipinski definition) is 1. The van der Waals surface area contributed by atoms with Crippen LogP contribution >= 0.6 is 23.8 Å². The lowest BCUT2D eigenvalue weighted by molar-refractivity contribution is 0.508. The molecule has 0 bridgehead atoms. The lowest BCUT2D eigenvalue weighted by Crippen LogP contribution is -1.96. The number of benzene rings is 2. The van der Waals surface area contributed by atoms with Crippen LogP contribution in [0.3, 0.4) is 0 Å². The number of nitrogens with zero attached hydrogens (tertiary/aromatic N) is 1. The van der Waals surface area contributed by atoms with Gasteiger partial charge in [-0.1, -0.05) is 11.6 Å². The number of aromatic amines is 1. The minimum Gasteiger partial charge on any atom is -0.330 e. The molecule has 0 aliphatic heterocycles. The second kappa shape index (κ2) is 4.43. The fourth-order valence-electron chi connectivity index (χ4n) is 1.96. The van der Waals surface area contributed by atoms with Crippen LogP contribution in [0.2, 0.25) is 5.02 Å². The lowest BCUT2D eigenvalue weighted by Gasteiger charge is -2.05. The van der Waals surface area contributed by atoms with Crippen molar-refractivity contribution in [2.45, 2.75) is 0 Å². The van der Waals surface area contributed by atoms with Gasteiger partial charge in [0.05, 0.1) is 16.7 Å². The number of halogens is 3. The van der Waals surface area contributed by atoms with E-state index in [1.807, 2.05) is 0 Å². The fourth-order valence-corrected chi connectivity index (χ4v) is 2.45. The van der Waals surface area contributed by atoms with Crippen molar-refractivity contribution in [1.29, 1.82) is 0 Å². The number of H-pyrrole nitrogens is 1. The van der Waals surface area contributed by atoms with E-state index in [9.17, 15) is 8.78 Å². The molecule has 2 nitrogen and oxygen atoms in total. The number of fused-ring (bicyclic) bond motifs is 1. The van der Waals surface area contributed by atoms with Crippen LogP contribution in [0.4, 0.5) is 8.78 Å². The molecule has 3 rings (SSSR count). The second-order valence-corrected chi connectivity index (χ2v) is 4.85. The normalized spacial score (nSPS) is 11.1. The Kier molecular flexibility index (Phi) is 2.88. The Balaban J connectivity index is 2.32. The maximum atomic E-state index is 13.3. The third-order valence-electron chi connectivity index (χ3n) is 2.81. The molecule has 1 N–H and O–H groups in total. The summed E-state index contributed by atoms with van der Waals surface area (Å²) in [6, 6.07) is 8.85. The summed E-state index contributed by atoms with van der Waals surface area (Å²) in [5.74, 6) is -1.80. The molecule has 6 heteroatoms. The monoisotopic (exact) mass is 296 g/mol. The van der Waals surface area contributed by atoms with Crippen molar-refractivity contribution in [2.75, 3.05) is 0 Å². The van der Waals surface area contributed by atoms with Crippen molar-refractivity contribution in [3.63, 3.8) is 0 Å². The number of imidazole rings is 1. The van der Waals surface area contributed by atoms with Crippen LogP contribution in [0.25, 0.3) is 16.7 Å². The predicted octanol–water partition coefficient (Wildman–Crippen LogP) is 4.62. The van der Waals surface area contributed by atoms with Crippen LogP contribution in [0.15, 0.2) is 36.4 Å². The third-order valence-corrected chi connectivity index (χ3v) is 3.33. The molecule has 0 aliphatic rings. The van der Waals surface area contributed by atoms with Gasteiger partial charge in [-0.3, -0.25) is 4.57 Å². The van der Waals surface area contributed by atoms with Gasteiger partial charge in [0.15, 0.2) is 16.4 Å². The largest absolute Gasteiger partial charge is 0.330 e. The van der Waals surface area contributed by atoms with E-state index in [1.54, 1.807) is 22.8 Å². The third kappa shape index (κ3) is 2.05. The van der Waals surface area contributed by atoms with Crippen molar-refractivity contribution in [2.24, 2.45) is 0 Å². The summed E-state index contributed by atoms with van der Waals surface area (Å²) in [6.07, 6.45) is 0. The zero-order valence-corrected chi connectivity index (χ0v) is 11.0. The van der Waals surface area contributed by atoms with E-state index in [4.69, 9.17) is 23.8 Å². The van der Waals surface area contributed by atoms with Crippen LogP contribution in [0.1, 0.15) is 0 Å². The summed E-state index contributed by atoms with van der Waals surface area (Å²) in [6.45, 7) is 0. The molecule has 0 aliphatic carbocycles. The van der Waals surface area contributed by atoms with Gasteiger partial charge in [0.25, 0.3) is 0 Å². The van der Waals surface area contributed by atoms with Crippen molar-refractivity contribution >= 4 is 34.9 Å². The molecule has 0 saturated carbocycles. The first-order valence-electron chi connectivity index (χ1n) is 5.42. The molecule has 1 heterocycles. The van der Waals surface area contributed by atoms with Gasteiger partial charge in [0, 0.05) is 11.1 Å². The highest BCUT2D eigenvalue weighted by Gasteiger charge is 2.09. The molecule has 0 spiro atoms. The van der Waals surface area contributed by atoms with Crippen LogP contribution in [0.5, 0.6) is 0 Å². The first-order chi connectivity index (χ1) is 9.06. The molecular weight excluding hydrogens is 290 g/mol. The zero-order valence-electron chi connectivity index (χ0n) is 9.45. The highest BCUT2D eigenvalue weighted by molar-refractivity contribution is 7.71. The minimum absolute atomic E-state index is 0.392. The molecule has 19 heavy (non-hydrogen) atoms. The number of rotatable bonds is 1. The van der Waals surface area contributed by atoms with Crippen molar-refractivity contribution in [3.8, 4) is 5.69 Å². The Bertz CT molecular complexity index is 838. The van der Waals surface area contributed by atoms with E-state index in [-0.39, 0.29) is 0 Å². The molecule has 0 radical (unpaired) electrons. The van der Waals surface area contributed by atoms with Crippen LogP contribution < -0.4 is 0 Å². The van der Waals surface area contributed by atoms with E-state index in [1.165, 1.54) is 6.07 Å². The smallest absolute Gasteiger partial charge is 0.182 e. The molecule has 0 saturated heterocycles. The Morgan fingerprint density at radius 2 is 1.84 bits per heavy atom. The quantitative estimate of drug-likeness (QED) is 0.650. The summed E-state index contributed by atoms with van der Waals surface area (Å²) < 4.78 is 28.3. The van der Waals surface area contributed by atoms with Crippen LogP contribution in [-0.2, 0) is 0 Å². The first-order valence-corrected chi connectivity index (χ1v) is 6.20. The highest BCUT2D eigenvalue weighted by Crippen LogP contribution is 2.23. The molecule has 0 amide bonds. The van der Waals surface area contributed by atoms with Gasteiger partial charge in [-0.25, -0.2) is 8.78 Å². The van der Waals surface area contributed by atoms with Gasteiger partial charge in [-0.15, -0.1) is 0 Å². The van der Waals surface area contributed by atoms with Gasteiger partial charge in [0.2, 0.25) is 0 Å². The number of hydrogen-bond donors (Lipinski definition) is 1. The highest BCUT2D eigenvalue weighted by atomic mass is 35.5. The van der Waals surface area contributed by atoms with Gasteiger partial charge < -0.3 is 4.98 Å². The average Bonchev–Trinajstić information content (AvgIpc) is 2.68. The molecule has 96 valence electrons. The molecular formula is C13H7ClF2N2S. The van der Waals surface area contributed by atoms with E-state index in [2.05, 4.69) is 4.98 Å². The maximum Gasteiger partial charge on any atom is 0.182 e. The van der Waals surface area contributed by atoms with Crippen molar-refractivity contribution in [1.82, 2.24) is 9.55 Å². The topological polar surface area (TPSA) is 20.7 Å².